The molecule has 4 N–H and O–H groups in total. The third-order valence-corrected chi connectivity index (χ3v) is 5.18. The van der Waals surface area contributed by atoms with Gasteiger partial charge in [-0.3, -0.25) is 0 Å². The Kier molecular flexibility index (Phi) is 3.17. The highest BCUT2D eigenvalue weighted by atomic mass is 15.1. The molecule has 3 aromatic rings. The van der Waals surface area contributed by atoms with Crippen LogP contribution in [0.1, 0.15) is 16.7 Å². The van der Waals surface area contributed by atoms with Gasteiger partial charge in [0.1, 0.15) is 0 Å². The molecule has 3 aromatic carbocycles. The number of benzene rings is 3. The second-order valence-electron chi connectivity index (χ2n) is 6.75. The van der Waals surface area contributed by atoms with E-state index in [-0.39, 0.29) is 0 Å². The minimum Gasteiger partial charge on any atom is -0.384 e. The zero-order chi connectivity index (χ0) is 16.8. The normalized spacial score (nSPS) is 15.3. The fraction of sp³-hybridized carbons (Fsp3) is 0.190. The van der Waals surface area contributed by atoms with Crippen molar-refractivity contribution in [3.05, 3.63) is 65.2 Å². The molecule has 0 unspecified atom stereocenters. The number of nitrogens with zero attached hydrogens (tertiary/aromatic N) is 1. The third kappa shape index (κ3) is 2.41. The Bertz CT molecular complexity index is 1010. The molecule has 0 atom stereocenters. The van der Waals surface area contributed by atoms with Gasteiger partial charge >= 0.3 is 0 Å². The maximum absolute atomic E-state index is 6.19. The summed E-state index contributed by atoms with van der Waals surface area (Å²) in [6.45, 7) is 1.00. The van der Waals surface area contributed by atoms with Gasteiger partial charge in [-0.05, 0) is 65.6 Å². The first-order valence-corrected chi connectivity index (χ1v) is 8.79. The molecular weight excluding hydrogens is 308 g/mol. The van der Waals surface area contributed by atoms with Gasteiger partial charge in [0.05, 0.1) is 5.69 Å². The second-order valence-corrected chi connectivity index (χ2v) is 6.75. The maximum Gasteiger partial charge on any atom is 0.198 e. The van der Waals surface area contributed by atoms with Crippen LogP contribution in [0.25, 0.3) is 10.8 Å². The minimum atomic E-state index is 0.421. The first-order valence-electron chi connectivity index (χ1n) is 8.79. The maximum atomic E-state index is 6.19. The van der Waals surface area contributed by atoms with Crippen LogP contribution in [-0.4, -0.2) is 12.5 Å². The Hall–Kier alpha value is -3.01. The van der Waals surface area contributed by atoms with Gasteiger partial charge in [0, 0.05) is 23.3 Å². The van der Waals surface area contributed by atoms with E-state index >= 15 is 0 Å². The first kappa shape index (κ1) is 14.3. The van der Waals surface area contributed by atoms with Gasteiger partial charge in [-0.25, -0.2) is 4.99 Å². The van der Waals surface area contributed by atoms with E-state index in [4.69, 9.17) is 5.73 Å². The average molecular weight is 328 g/mol. The zero-order valence-electron chi connectivity index (χ0n) is 14.0. The minimum absolute atomic E-state index is 0.421. The molecule has 2 aliphatic rings. The van der Waals surface area contributed by atoms with E-state index < -0.39 is 0 Å². The predicted octanol–water partition coefficient (Wildman–Crippen LogP) is 3.96. The lowest BCUT2D eigenvalue weighted by molar-refractivity contribution is 1.02. The van der Waals surface area contributed by atoms with E-state index in [9.17, 15) is 0 Å². The van der Waals surface area contributed by atoms with Crippen LogP contribution in [0.5, 0.6) is 0 Å². The molecule has 0 fully saturated rings. The summed E-state index contributed by atoms with van der Waals surface area (Å²) in [4.78, 5) is 4.65. The molecule has 4 nitrogen and oxygen atoms in total. The summed E-state index contributed by atoms with van der Waals surface area (Å²) in [5, 5.41) is 9.15. The van der Waals surface area contributed by atoms with Crippen molar-refractivity contribution >= 4 is 33.8 Å². The Morgan fingerprint density at radius 3 is 2.76 bits per heavy atom. The summed E-state index contributed by atoms with van der Waals surface area (Å²) in [5.41, 5.74) is 13.5. The molecule has 0 amide bonds. The van der Waals surface area contributed by atoms with Crippen LogP contribution in [0.2, 0.25) is 0 Å². The van der Waals surface area contributed by atoms with Gasteiger partial charge in [0.25, 0.3) is 0 Å². The highest BCUT2D eigenvalue weighted by Gasteiger charge is 2.16. The van der Waals surface area contributed by atoms with Crippen molar-refractivity contribution in [1.29, 1.82) is 0 Å². The van der Waals surface area contributed by atoms with Gasteiger partial charge in [0.2, 0.25) is 0 Å². The van der Waals surface area contributed by atoms with E-state index in [0.29, 0.717) is 5.96 Å². The van der Waals surface area contributed by atoms with Crippen LogP contribution >= 0.6 is 0 Å². The lowest BCUT2D eigenvalue weighted by Crippen LogP contribution is -2.22. The summed E-state index contributed by atoms with van der Waals surface area (Å²) in [7, 11) is 0. The predicted molar refractivity (Wildman–Crippen MR) is 105 cm³/mol. The highest BCUT2D eigenvalue weighted by molar-refractivity contribution is 6.02. The molecule has 0 saturated heterocycles. The number of hydrogen-bond donors (Lipinski definition) is 3. The molecule has 0 radical (unpaired) electrons. The van der Waals surface area contributed by atoms with Crippen LogP contribution < -0.4 is 16.4 Å². The molecule has 4 heteroatoms. The summed E-state index contributed by atoms with van der Waals surface area (Å²) >= 11 is 0. The van der Waals surface area contributed by atoms with Gasteiger partial charge in [-0.2, -0.15) is 0 Å². The molecule has 0 aromatic heterocycles. The molecule has 5 rings (SSSR count). The Balaban J connectivity index is 1.49. The fourth-order valence-corrected chi connectivity index (χ4v) is 4.02. The van der Waals surface area contributed by atoms with E-state index in [1.54, 1.807) is 0 Å². The van der Waals surface area contributed by atoms with Crippen molar-refractivity contribution in [3.63, 3.8) is 0 Å². The van der Waals surface area contributed by atoms with Crippen LogP contribution in [0.3, 0.4) is 0 Å². The molecule has 0 saturated carbocycles. The topological polar surface area (TPSA) is 62.4 Å². The summed E-state index contributed by atoms with van der Waals surface area (Å²) in [6.07, 6.45) is 3.30. The van der Waals surface area contributed by atoms with E-state index in [0.717, 1.165) is 37.2 Å². The Morgan fingerprint density at radius 2 is 1.84 bits per heavy atom. The Labute approximate surface area is 146 Å². The molecule has 1 aliphatic heterocycles. The smallest absolute Gasteiger partial charge is 0.198 e. The van der Waals surface area contributed by atoms with Crippen molar-refractivity contribution in [2.75, 3.05) is 17.2 Å². The molecular formula is C21H20N4. The molecule has 124 valence electrons. The largest absolute Gasteiger partial charge is 0.384 e. The van der Waals surface area contributed by atoms with Crippen molar-refractivity contribution in [2.45, 2.75) is 19.3 Å². The van der Waals surface area contributed by atoms with Crippen molar-refractivity contribution in [3.8, 4) is 0 Å². The second kappa shape index (κ2) is 5.52. The van der Waals surface area contributed by atoms with Crippen molar-refractivity contribution in [1.82, 2.24) is 0 Å². The van der Waals surface area contributed by atoms with Gasteiger partial charge < -0.3 is 16.4 Å². The molecule has 1 aliphatic carbocycles. The monoisotopic (exact) mass is 328 g/mol. The molecule has 0 bridgehead atoms. The van der Waals surface area contributed by atoms with Crippen LogP contribution in [0.15, 0.2) is 53.5 Å². The van der Waals surface area contributed by atoms with Crippen LogP contribution in [-0.2, 0) is 19.3 Å². The average Bonchev–Trinajstić information content (AvgIpc) is 3.25. The number of fused-ring (bicyclic) bond motifs is 1. The number of aliphatic imine (C=N–C) groups is 1. The lowest BCUT2D eigenvalue weighted by Gasteiger charge is -2.09. The number of guanidine groups is 1. The number of nitrogens with two attached hydrogens (primary N) is 1. The van der Waals surface area contributed by atoms with Crippen molar-refractivity contribution < 1.29 is 0 Å². The van der Waals surface area contributed by atoms with Crippen molar-refractivity contribution in [2.24, 2.45) is 10.7 Å². The highest BCUT2D eigenvalue weighted by Crippen LogP contribution is 2.36. The standard InChI is InChI=1S/C21H20N4/c22-21(24-16-7-9-18-15(12-16)10-11-23-18)25-19-8-6-14-5-4-13-2-1-3-17(19)20(13)14/h1-3,6-9,12,23H,4-5,10-11H2,(H3,22,24,25). The van der Waals surface area contributed by atoms with Crippen LogP contribution in [0.4, 0.5) is 17.1 Å². The zero-order valence-corrected chi connectivity index (χ0v) is 14.0. The Morgan fingerprint density at radius 1 is 0.960 bits per heavy atom. The number of nitrogens with one attached hydrogen (secondary N) is 2. The van der Waals surface area contributed by atoms with E-state index in [1.807, 2.05) is 6.07 Å². The fourth-order valence-electron chi connectivity index (χ4n) is 4.02. The summed E-state index contributed by atoms with van der Waals surface area (Å²) < 4.78 is 0. The number of rotatable bonds is 2. The molecule has 0 spiro atoms. The van der Waals surface area contributed by atoms with Gasteiger partial charge in [-0.15, -0.1) is 0 Å². The number of hydrogen-bond acceptors (Lipinski definition) is 2. The summed E-state index contributed by atoms with van der Waals surface area (Å²) in [6, 6.07) is 17.0. The SMILES string of the molecule is NC(=Nc1ccc2c3c(cccc13)CC2)Nc1ccc2c(c1)CCN2. The quantitative estimate of drug-likeness (QED) is 0.493. The molecule has 25 heavy (non-hydrogen) atoms. The third-order valence-electron chi connectivity index (χ3n) is 5.18. The lowest BCUT2D eigenvalue weighted by atomic mass is 10.0. The van der Waals surface area contributed by atoms with Gasteiger partial charge in [-0.1, -0.05) is 24.3 Å². The first-order chi connectivity index (χ1) is 12.3. The number of anilines is 2. The number of aryl methyl sites for hydroxylation is 2. The van der Waals surface area contributed by atoms with E-state index in [1.165, 1.54) is 33.2 Å². The van der Waals surface area contributed by atoms with E-state index in [2.05, 4.69) is 58.1 Å². The molecule has 1 heterocycles. The summed E-state index contributed by atoms with van der Waals surface area (Å²) in [5.74, 6) is 0.421. The van der Waals surface area contributed by atoms with Crippen LogP contribution in [0, 0.1) is 0 Å². The van der Waals surface area contributed by atoms with Gasteiger partial charge in [0.15, 0.2) is 5.96 Å².